The van der Waals surface area contributed by atoms with Gasteiger partial charge in [-0.15, -0.1) is 0 Å². The second-order valence-electron chi connectivity index (χ2n) is 4.47. The Morgan fingerprint density at radius 3 is 2.33 bits per heavy atom. The Hall–Kier alpha value is -0.530. The third-order valence-electron chi connectivity index (χ3n) is 1.88. The maximum Gasteiger partial charge on any atom is 0.293 e. The monoisotopic (exact) mass is 172 g/mol. The average molecular weight is 172 g/mol. The van der Waals surface area contributed by atoms with Crippen LogP contribution >= 0.6 is 0 Å². The van der Waals surface area contributed by atoms with Crippen molar-refractivity contribution in [2.24, 2.45) is 11.3 Å². The molecule has 12 heavy (non-hydrogen) atoms. The van der Waals surface area contributed by atoms with Gasteiger partial charge in [0, 0.05) is 0 Å². The van der Waals surface area contributed by atoms with Crippen molar-refractivity contribution in [3.8, 4) is 0 Å². The van der Waals surface area contributed by atoms with Crippen LogP contribution < -0.4 is 0 Å². The lowest BCUT2D eigenvalue weighted by Gasteiger charge is -2.24. The molecule has 0 aliphatic heterocycles. The molecule has 0 aromatic carbocycles. The van der Waals surface area contributed by atoms with E-state index >= 15 is 0 Å². The van der Waals surface area contributed by atoms with Gasteiger partial charge in [0.1, 0.15) is 0 Å². The highest BCUT2D eigenvalue weighted by atomic mass is 16.5. The molecule has 0 aliphatic rings. The molecule has 0 heterocycles. The Kier molecular flexibility index (Phi) is 4.95. The van der Waals surface area contributed by atoms with Crippen molar-refractivity contribution in [3.63, 3.8) is 0 Å². The van der Waals surface area contributed by atoms with Crippen LogP contribution in [0.1, 0.15) is 40.5 Å². The Morgan fingerprint density at radius 1 is 1.42 bits per heavy atom. The first-order valence-corrected chi connectivity index (χ1v) is 4.55. The van der Waals surface area contributed by atoms with Crippen molar-refractivity contribution in [3.05, 3.63) is 0 Å². The summed E-state index contributed by atoms with van der Waals surface area (Å²) in [5, 5.41) is 0. The predicted octanol–water partition coefficient (Wildman–Crippen LogP) is 2.62. The lowest BCUT2D eigenvalue weighted by Crippen LogP contribution is -2.17. The van der Waals surface area contributed by atoms with Crippen LogP contribution in [-0.2, 0) is 9.53 Å². The minimum Gasteiger partial charge on any atom is -0.468 e. The van der Waals surface area contributed by atoms with Crippen molar-refractivity contribution in [2.75, 3.05) is 6.61 Å². The van der Waals surface area contributed by atoms with Crippen molar-refractivity contribution in [2.45, 2.75) is 40.5 Å². The topological polar surface area (TPSA) is 26.3 Å². The van der Waals surface area contributed by atoms with E-state index in [2.05, 4.69) is 27.7 Å². The Labute approximate surface area is 75.3 Å². The van der Waals surface area contributed by atoms with Crippen molar-refractivity contribution < 1.29 is 9.53 Å². The molecule has 0 radical (unpaired) electrons. The summed E-state index contributed by atoms with van der Waals surface area (Å²) in [4.78, 5) is 9.97. The Bertz CT molecular complexity index is 124. The molecule has 72 valence electrons. The summed E-state index contributed by atoms with van der Waals surface area (Å²) in [6.45, 7) is 9.84. The first-order valence-electron chi connectivity index (χ1n) is 4.55. The van der Waals surface area contributed by atoms with Gasteiger partial charge in [-0.25, -0.2) is 0 Å². The van der Waals surface area contributed by atoms with E-state index in [-0.39, 0.29) is 0 Å². The van der Waals surface area contributed by atoms with Crippen molar-refractivity contribution in [1.82, 2.24) is 0 Å². The Morgan fingerprint density at radius 2 is 2.00 bits per heavy atom. The van der Waals surface area contributed by atoms with Crippen LogP contribution in [0.4, 0.5) is 0 Å². The molecule has 2 heteroatoms. The van der Waals surface area contributed by atoms with E-state index in [1.807, 2.05) is 0 Å². The number of rotatable bonds is 5. The molecule has 0 fully saturated rings. The molecule has 1 unspecified atom stereocenters. The second kappa shape index (κ2) is 5.18. The molecule has 0 aliphatic carbocycles. The minimum atomic E-state index is 0.326. The molecule has 0 amide bonds. The summed E-state index contributed by atoms with van der Waals surface area (Å²) in [5.74, 6) is 0.509. The SMILES string of the molecule is CCC(COC=O)CC(C)(C)C. The van der Waals surface area contributed by atoms with Gasteiger partial charge in [0.25, 0.3) is 6.47 Å². The number of carbonyl (C=O) groups excluding carboxylic acids is 1. The smallest absolute Gasteiger partial charge is 0.293 e. The zero-order valence-electron chi connectivity index (χ0n) is 8.59. The molecule has 0 saturated heterocycles. The van der Waals surface area contributed by atoms with E-state index < -0.39 is 0 Å². The molecule has 0 saturated carbocycles. The maximum atomic E-state index is 9.97. The van der Waals surface area contributed by atoms with Crippen LogP contribution in [0, 0.1) is 11.3 Å². The number of hydrogen-bond donors (Lipinski definition) is 0. The summed E-state index contributed by atoms with van der Waals surface area (Å²) in [7, 11) is 0. The fourth-order valence-corrected chi connectivity index (χ4v) is 1.36. The van der Waals surface area contributed by atoms with E-state index in [0.717, 1.165) is 12.8 Å². The quantitative estimate of drug-likeness (QED) is 0.596. The van der Waals surface area contributed by atoms with E-state index in [0.29, 0.717) is 24.4 Å². The van der Waals surface area contributed by atoms with Crippen molar-refractivity contribution in [1.29, 1.82) is 0 Å². The van der Waals surface area contributed by atoms with Crippen LogP contribution in [0.5, 0.6) is 0 Å². The van der Waals surface area contributed by atoms with Crippen LogP contribution in [0.25, 0.3) is 0 Å². The first-order chi connectivity index (χ1) is 5.49. The zero-order chi connectivity index (χ0) is 9.61. The lowest BCUT2D eigenvalue weighted by molar-refractivity contribution is -0.130. The highest BCUT2D eigenvalue weighted by Crippen LogP contribution is 2.26. The highest BCUT2D eigenvalue weighted by molar-refractivity contribution is 5.36. The zero-order valence-corrected chi connectivity index (χ0v) is 8.59. The summed E-state index contributed by atoms with van der Waals surface area (Å²) < 4.78 is 4.75. The molecule has 1 atom stereocenters. The van der Waals surface area contributed by atoms with Crippen LogP contribution in [0.15, 0.2) is 0 Å². The molecule has 0 bridgehead atoms. The normalized spacial score (nSPS) is 14.0. The average Bonchev–Trinajstić information content (AvgIpc) is 1.95. The number of carbonyl (C=O) groups is 1. The van der Waals surface area contributed by atoms with Gasteiger partial charge in [0.15, 0.2) is 0 Å². The summed E-state index contributed by atoms with van der Waals surface area (Å²) >= 11 is 0. The fraction of sp³-hybridized carbons (Fsp3) is 0.900. The molecular weight excluding hydrogens is 152 g/mol. The van der Waals surface area contributed by atoms with Gasteiger partial charge in [-0.1, -0.05) is 34.1 Å². The van der Waals surface area contributed by atoms with Gasteiger partial charge < -0.3 is 4.74 Å². The fourth-order valence-electron chi connectivity index (χ4n) is 1.36. The third kappa shape index (κ3) is 6.20. The Balaban J connectivity index is 3.74. The lowest BCUT2D eigenvalue weighted by atomic mass is 9.84. The van der Waals surface area contributed by atoms with Gasteiger partial charge in [-0.05, 0) is 17.8 Å². The number of hydrogen-bond acceptors (Lipinski definition) is 2. The van der Waals surface area contributed by atoms with Gasteiger partial charge in [0.2, 0.25) is 0 Å². The van der Waals surface area contributed by atoms with E-state index in [4.69, 9.17) is 4.74 Å². The summed E-state index contributed by atoms with van der Waals surface area (Å²) in [6, 6.07) is 0. The van der Waals surface area contributed by atoms with Crippen molar-refractivity contribution >= 4 is 6.47 Å². The predicted molar refractivity (Wildman–Crippen MR) is 49.9 cm³/mol. The summed E-state index contributed by atoms with van der Waals surface area (Å²) in [5.41, 5.74) is 0.326. The molecular formula is C10H20O2. The summed E-state index contributed by atoms with van der Waals surface area (Å²) in [6.07, 6.45) is 2.18. The van der Waals surface area contributed by atoms with E-state index in [1.54, 1.807) is 0 Å². The van der Waals surface area contributed by atoms with Gasteiger partial charge in [-0.3, -0.25) is 4.79 Å². The standard InChI is InChI=1S/C10H20O2/c1-5-9(7-12-8-11)6-10(2,3)4/h8-9H,5-7H2,1-4H3. The van der Waals surface area contributed by atoms with Gasteiger partial charge in [0.05, 0.1) is 6.61 Å². The molecule has 0 rings (SSSR count). The van der Waals surface area contributed by atoms with Crippen LogP contribution in [0.2, 0.25) is 0 Å². The van der Waals surface area contributed by atoms with E-state index in [9.17, 15) is 4.79 Å². The minimum absolute atomic E-state index is 0.326. The van der Waals surface area contributed by atoms with Gasteiger partial charge in [-0.2, -0.15) is 0 Å². The van der Waals surface area contributed by atoms with E-state index in [1.165, 1.54) is 0 Å². The molecule has 0 aromatic rings. The molecule has 2 nitrogen and oxygen atoms in total. The first kappa shape index (κ1) is 11.5. The molecule has 0 aromatic heterocycles. The van der Waals surface area contributed by atoms with Crippen LogP contribution in [0.3, 0.4) is 0 Å². The largest absolute Gasteiger partial charge is 0.468 e. The number of ether oxygens (including phenoxy) is 1. The highest BCUT2D eigenvalue weighted by Gasteiger charge is 2.17. The maximum absolute atomic E-state index is 9.97. The second-order valence-corrected chi connectivity index (χ2v) is 4.47. The third-order valence-corrected chi connectivity index (χ3v) is 1.88. The van der Waals surface area contributed by atoms with Crippen LogP contribution in [-0.4, -0.2) is 13.1 Å². The molecule has 0 spiro atoms. The van der Waals surface area contributed by atoms with Gasteiger partial charge >= 0.3 is 0 Å². The molecule has 0 N–H and O–H groups in total.